The van der Waals surface area contributed by atoms with Gasteiger partial charge in [-0.25, -0.2) is 4.98 Å². The molecule has 2 N–H and O–H groups in total. The molecule has 4 heteroatoms. The van der Waals surface area contributed by atoms with Gasteiger partial charge in [-0.2, -0.15) is 0 Å². The van der Waals surface area contributed by atoms with Crippen LogP contribution in [0.3, 0.4) is 0 Å². The molecule has 1 aliphatic rings. The average Bonchev–Trinajstić information content (AvgIpc) is 2.46. The molecule has 1 aromatic heterocycles. The maximum atomic E-state index is 6.31. The Kier molecular flexibility index (Phi) is 3.40. The lowest BCUT2D eigenvalue weighted by molar-refractivity contribution is 0.720. The summed E-state index contributed by atoms with van der Waals surface area (Å²) >= 11 is 6.31. The van der Waals surface area contributed by atoms with Gasteiger partial charge in [0.1, 0.15) is 5.82 Å². The number of nitrogens with two attached hydrogens (primary N) is 1. The lowest BCUT2D eigenvalue weighted by Gasteiger charge is -2.30. The fraction of sp³-hybridized carbons (Fsp3) is 0.267. The summed E-state index contributed by atoms with van der Waals surface area (Å²) in [6, 6.07) is 10.4. The SMILES string of the molecule is NCc1cnc(N2CCc3ccccc3C2)c(Cl)c1. The molecule has 2 heterocycles. The molecular weight excluding hydrogens is 258 g/mol. The van der Waals surface area contributed by atoms with Crippen LogP contribution in [0, 0.1) is 0 Å². The van der Waals surface area contributed by atoms with Crippen LogP contribution >= 0.6 is 11.6 Å². The number of hydrogen-bond acceptors (Lipinski definition) is 3. The molecular formula is C15H16ClN3. The molecule has 1 aliphatic heterocycles. The van der Waals surface area contributed by atoms with Gasteiger partial charge in [0.05, 0.1) is 5.02 Å². The summed E-state index contributed by atoms with van der Waals surface area (Å²) in [4.78, 5) is 6.69. The van der Waals surface area contributed by atoms with Gasteiger partial charge in [-0.3, -0.25) is 0 Å². The first-order chi connectivity index (χ1) is 9.28. The predicted molar refractivity (Wildman–Crippen MR) is 78.3 cm³/mol. The van der Waals surface area contributed by atoms with E-state index in [2.05, 4.69) is 34.1 Å². The second-order valence-electron chi connectivity index (χ2n) is 4.79. The van der Waals surface area contributed by atoms with Crippen LogP contribution in [0.4, 0.5) is 5.82 Å². The lowest BCUT2D eigenvalue weighted by Crippen LogP contribution is -2.31. The maximum absolute atomic E-state index is 6.31. The fourth-order valence-corrected chi connectivity index (χ4v) is 2.80. The molecule has 0 atom stereocenters. The third-order valence-corrected chi connectivity index (χ3v) is 3.82. The van der Waals surface area contributed by atoms with E-state index in [1.807, 2.05) is 12.3 Å². The van der Waals surface area contributed by atoms with Crippen LogP contribution in [0.25, 0.3) is 0 Å². The van der Waals surface area contributed by atoms with Crippen molar-refractivity contribution in [2.24, 2.45) is 5.73 Å². The Hall–Kier alpha value is -1.58. The van der Waals surface area contributed by atoms with Crippen molar-refractivity contribution < 1.29 is 0 Å². The summed E-state index contributed by atoms with van der Waals surface area (Å²) < 4.78 is 0. The molecule has 98 valence electrons. The van der Waals surface area contributed by atoms with E-state index >= 15 is 0 Å². The van der Waals surface area contributed by atoms with Gasteiger partial charge in [0.15, 0.2) is 0 Å². The molecule has 0 saturated carbocycles. The van der Waals surface area contributed by atoms with Crippen LogP contribution in [-0.2, 0) is 19.5 Å². The monoisotopic (exact) mass is 273 g/mol. The van der Waals surface area contributed by atoms with Gasteiger partial charge >= 0.3 is 0 Å². The Bertz CT molecular complexity index is 598. The van der Waals surface area contributed by atoms with Crippen molar-refractivity contribution in [3.8, 4) is 0 Å². The Balaban J connectivity index is 1.89. The Morgan fingerprint density at radius 2 is 2.05 bits per heavy atom. The van der Waals surface area contributed by atoms with E-state index in [1.54, 1.807) is 0 Å². The lowest BCUT2D eigenvalue weighted by atomic mass is 10.00. The van der Waals surface area contributed by atoms with Crippen LogP contribution in [-0.4, -0.2) is 11.5 Å². The van der Waals surface area contributed by atoms with E-state index in [-0.39, 0.29) is 0 Å². The second-order valence-corrected chi connectivity index (χ2v) is 5.20. The second kappa shape index (κ2) is 5.19. The quantitative estimate of drug-likeness (QED) is 0.915. The first-order valence-electron chi connectivity index (χ1n) is 6.44. The minimum Gasteiger partial charge on any atom is -0.351 e. The maximum Gasteiger partial charge on any atom is 0.147 e. The van der Waals surface area contributed by atoms with Gasteiger partial charge in [-0.15, -0.1) is 0 Å². The molecule has 2 aromatic rings. The molecule has 3 rings (SSSR count). The normalized spacial score (nSPS) is 14.3. The van der Waals surface area contributed by atoms with Crippen molar-refractivity contribution >= 4 is 17.4 Å². The number of halogens is 1. The summed E-state index contributed by atoms with van der Waals surface area (Å²) in [5.41, 5.74) is 9.34. The van der Waals surface area contributed by atoms with Crippen molar-refractivity contribution in [2.75, 3.05) is 11.4 Å². The van der Waals surface area contributed by atoms with Crippen molar-refractivity contribution in [3.05, 3.63) is 58.2 Å². The molecule has 0 fully saturated rings. The first kappa shape index (κ1) is 12.5. The molecule has 0 bridgehead atoms. The standard InChI is InChI=1S/C15H16ClN3/c16-14-7-11(8-17)9-18-15(14)19-6-5-12-3-1-2-4-13(12)10-19/h1-4,7,9H,5-6,8,10,17H2. The number of fused-ring (bicyclic) bond motifs is 1. The number of anilines is 1. The largest absolute Gasteiger partial charge is 0.351 e. The summed E-state index contributed by atoms with van der Waals surface area (Å²) in [7, 11) is 0. The van der Waals surface area contributed by atoms with E-state index in [0.717, 1.165) is 30.9 Å². The van der Waals surface area contributed by atoms with Crippen molar-refractivity contribution in [3.63, 3.8) is 0 Å². The zero-order valence-corrected chi connectivity index (χ0v) is 11.4. The molecule has 1 aromatic carbocycles. The highest BCUT2D eigenvalue weighted by molar-refractivity contribution is 6.33. The van der Waals surface area contributed by atoms with Crippen molar-refractivity contribution in [1.82, 2.24) is 4.98 Å². The number of benzene rings is 1. The molecule has 0 spiro atoms. The topological polar surface area (TPSA) is 42.1 Å². The Labute approximate surface area is 118 Å². The van der Waals surface area contributed by atoms with Crippen LogP contribution in [0.2, 0.25) is 5.02 Å². The minimum atomic E-state index is 0.468. The number of pyridine rings is 1. The van der Waals surface area contributed by atoms with Gasteiger partial charge in [-0.1, -0.05) is 35.9 Å². The first-order valence-corrected chi connectivity index (χ1v) is 6.82. The minimum absolute atomic E-state index is 0.468. The van der Waals surface area contributed by atoms with E-state index in [1.165, 1.54) is 11.1 Å². The number of nitrogens with zero attached hydrogens (tertiary/aromatic N) is 2. The third-order valence-electron chi connectivity index (χ3n) is 3.54. The summed E-state index contributed by atoms with van der Waals surface area (Å²) in [6.07, 6.45) is 2.84. The van der Waals surface area contributed by atoms with E-state index in [9.17, 15) is 0 Å². The zero-order chi connectivity index (χ0) is 13.2. The van der Waals surface area contributed by atoms with E-state index in [4.69, 9.17) is 17.3 Å². The number of aromatic nitrogens is 1. The molecule has 0 saturated heterocycles. The smallest absolute Gasteiger partial charge is 0.147 e. The fourth-order valence-electron chi connectivity index (χ4n) is 2.49. The van der Waals surface area contributed by atoms with Crippen molar-refractivity contribution in [2.45, 2.75) is 19.5 Å². The van der Waals surface area contributed by atoms with Gasteiger partial charge in [-0.05, 0) is 29.2 Å². The summed E-state index contributed by atoms with van der Waals surface area (Å²) in [5.74, 6) is 0.855. The van der Waals surface area contributed by atoms with Gasteiger partial charge in [0.2, 0.25) is 0 Å². The van der Waals surface area contributed by atoms with E-state index < -0.39 is 0 Å². The number of hydrogen-bond donors (Lipinski definition) is 1. The van der Waals surface area contributed by atoms with E-state index in [0.29, 0.717) is 11.6 Å². The highest BCUT2D eigenvalue weighted by atomic mass is 35.5. The van der Waals surface area contributed by atoms with Crippen molar-refractivity contribution in [1.29, 1.82) is 0 Å². The van der Waals surface area contributed by atoms with Crippen LogP contribution < -0.4 is 10.6 Å². The van der Waals surface area contributed by atoms with Crippen LogP contribution in [0.5, 0.6) is 0 Å². The number of rotatable bonds is 2. The molecule has 0 radical (unpaired) electrons. The van der Waals surface area contributed by atoms with Crippen LogP contribution in [0.15, 0.2) is 36.5 Å². The van der Waals surface area contributed by atoms with Gasteiger partial charge in [0, 0.05) is 25.8 Å². The zero-order valence-electron chi connectivity index (χ0n) is 10.6. The summed E-state index contributed by atoms with van der Waals surface area (Å²) in [5, 5.41) is 0.683. The van der Waals surface area contributed by atoms with Crippen LogP contribution in [0.1, 0.15) is 16.7 Å². The van der Waals surface area contributed by atoms with Gasteiger partial charge in [0.25, 0.3) is 0 Å². The molecule has 0 amide bonds. The molecule has 19 heavy (non-hydrogen) atoms. The average molecular weight is 274 g/mol. The molecule has 3 nitrogen and oxygen atoms in total. The Morgan fingerprint density at radius 1 is 1.26 bits per heavy atom. The highest BCUT2D eigenvalue weighted by Gasteiger charge is 2.19. The molecule has 0 unspecified atom stereocenters. The highest BCUT2D eigenvalue weighted by Crippen LogP contribution is 2.28. The van der Waals surface area contributed by atoms with Gasteiger partial charge < -0.3 is 10.6 Å². The predicted octanol–water partition coefficient (Wildman–Crippen LogP) is 2.76. The molecule has 0 aliphatic carbocycles. The third kappa shape index (κ3) is 2.44. The Morgan fingerprint density at radius 3 is 2.79 bits per heavy atom. The summed E-state index contributed by atoms with van der Waals surface area (Å²) in [6.45, 7) is 2.28.